The van der Waals surface area contributed by atoms with Gasteiger partial charge in [-0.15, -0.1) is 0 Å². The Kier molecular flexibility index (Phi) is 12.3. The molecule has 1 unspecified atom stereocenters. The molecular weight excluding hydrogens is 663 g/mol. The van der Waals surface area contributed by atoms with Crippen LogP contribution >= 0.6 is 8.53 Å². The van der Waals surface area contributed by atoms with Crippen LogP contribution in [0.2, 0.25) is 0 Å². The van der Waals surface area contributed by atoms with Crippen LogP contribution in [-0.4, -0.2) is 80.0 Å². The first-order valence-corrected chi connectivity index (χ1v) is 18.8. The van der Waals surface area contributed by atoms with Crippen LogP contribution in [0, 0.1) is 11.3 Å². The molecule has 1 N–H and O–H groups in total. The van der Waals surface area contributed by atoms with Crippen LogP contribution in [0.25, 0.3) is 0 Å². The fraction of sp³-hybridized carbons (Fsp3) is 0.475. The number of aliphatic imine (C=N–C) groups is 1. The van der Waals surface area contributed by atoms with Gasteiger partial charge in [0.1, 0.15) is 5.76 Å². The van der Waals surface area contributed by atoms with Gasteiger partial charge in [0, 0.05) is 35.9 Å². The van der Waals surface area contributed by atoms with E-state index in [0.29, 0.717) is 46.1 Å². The fourth-order valence-corrected chi connectivity index (χ4v) is 8.54. The Hall–Kier alpha value is -3.68. The second-order valence-electron chi connectivity index (χ2n) is 14.3. The minimum Gasteiger partial charge on any atom is -0.506 e. The summed E-state index contributed by atoms with van der Waals surface area (Å²) >= 11 is 0. The SMILES string of the molecule is CC(C)N(C(C)C)P(OCCC#N)OCCOCCOC[C@]1(C)C(=CC2=C(O)C(=CC3=Nc4ccccc4C3(C)C)C2=O)N(C)c2ccccc21. The van der Waals surface area contributed by atoms with Crippen LogP contribution in [0.5, 0.6) is 0 Å². The number of carbonyl (C=O) groups excluding carboxylic acids is 1. The van der Waals surface area contributed by atoms with Crippen LogP contribution in [0.4, 0.5) is 11.4 Å². The van der Waals surface area contributed by atoms with Gasteiger partial charge >= 0.3 is 0 Å². The first-order valence-electron chi connectivity index (χ1n) is 17.6. The zero-order valence-electron chi connectivity index (χ0n) is 31.1. The number of Topliss-reactive ketones (excluding diaryl/α,β-unsaturated/α-hetero) is 1. The summed E-state index contributed by atoms with van der Waals surface area (Å²) < 4.78 is 26.3. The minimum absolute atomic E-state index is 0.0192. The maximum atomic E-state index is 13.5. The lowest BCUT2D eigenvalue weighted by Crippen LogP contribution is -2.34. The van der Waals surface area contributed by atoms with Gasteiger partial charge in [0.05, 0.1) is 80.1 Å². The number of ketones is 1. The number of para-hydroxylation sites is 2. The van der Waals surface area contributed by atoms with Gasteiger partial charge in [0.15, 0.2) is 0 Å². The number of aliphatic hydroxyl groups is 1. The van der Waals surface area contributed by atoms with Gasteiger partial charge in [-0.05, 0) is 70.0 Å². The third-order valence-corrected chi connectivity index (χ3v) is 11.8. The monoisotopic (exact) mass is 714 g/mol. The Morgan fingerprint density at radius 2 is 1.55 bits per heavy atom. The molecule has 0 aromatic heterocycles. The third-order valence-electron chi connectivity index (χ3n) is 9.66. The van der Waals surface area contributed by atoms with E-state index < -0.39 is 13.9 Å². The van der Waals surface area contributed by atoms with Gasteiger partial charge in [-0.2, -0.15) is 5.26 Å². The highest BCUT2D eigenvalue weighted by molar-refractivity contribution is 7.44. The number of hydrogen-bond acceptors (Lipinski definition) is 10. The molecule has 0 spiro atoms. The van der Waals surface area contributed by atoms with Crippen LogP contribution in [0.15, 0.2) is 88.3 Å². The number of allylic oxidation sites excluding steroid dienone is 4. The van der Waals surface area contributed by atoms with Gasteiger partial charge in [-0.1, -0.05) is 50.2 Å². The lowest BCUT2D eigenvalue weighted by molar-refractivity contribution is -0.113. The van der Waals surface area contributed by atoms with Gasteiger partial charge < -0.3 is 28.5 Å². The minimum atomic E-state index is -1.32. The van der Waals surface area contributed by atoms with Gasteiger partial charge in [-0.3, -0.25) is 9.79 Å². The number of benzene rings is 2. The molecule has 0 amide bonds. The lowest BCUT2D eigenvalue weighted by atomic mass is 9.77. The molecule has 5 rings (SSSR count). The smallest absolute Gasteiger partial charge is 0.259 e. The molecule has 2 atom stereocenters. The van der Waals surface area contributed by atoms with Crippen molar-refractivity contribution in [2.24, 2.45) is 4.99 Å². The molecule has 2 heterocycles. The number of aliphatic hydroxyl groups excluding tert-OH is 1. The Bertz CT molecular complexity index is 1770. The quantitative estimate of drug-likeness (QED) is 0.0989. The van der Waals surface area contributed by atoms with Crippen LogP contribution < -0.4 is 4.90 Å². The Balaban J connectivity index is 1.22. The van der Waals surface area contributed by atoms with Crippen molar-refractivity contribution in [3.05, 3.63) is 94.4 Å². The predicted molar refractivity (Wildman–Crippen MR) is 202 cm³/mol. The summed E-state index contributed by atoms with van der Waals surface area (Å²) in [4.78, 5) is 20.4. The van der Waals surface area contributed by atoms with E-state index in [1.807, 2.05) is 37.4 Å². The predicted octanol–water partition coefficient (Wildman–Crippen LogP) is 7.99. The Labute approximate surface area is 304 Å². The second kappa shape index (κ2) is 16.3. The third kappa shape index (κ3) is 7.90. The van der Waals surface area contributed by atoms with Crippen molar-refractivity contribution in [2.45, 2.75) is 77.8 Å². The summed E-state index contributed by atoms with van der Waals surface area (Å²) in [6, 6.07) is 18.7. The van der Waals surface area contributed by atoms with Crippen molar-refractivity contribution >= 4 is 31.4 Å². The molecule has 0 saturated carbocycles. The molecule has 1 aliphatic carbocycles. The van der Waals surface area contributed by atoms with E-state index in [1.165, 1.54) is 0 Å². The topological polar surface area (TPSA) is 117 Å². The maximum Gasteiger partial charge on any atom is 0.259 e. The average Bonchev–Trinajstić information content (AvgIpc) is 3.48. The number of carbonyl (C=O) groups is 1. The molecule has 0 radical (unpaired) electrons. The highest BCUT2D eigenvalue weighted by atomic mass is 31.2. The molecule has 2 aliphatic heterocycles. The Morgan fingerprint density at radius 3 is 2.22 bits per heavy atom. The number of nitrogens with zero attached hydrogens (tertiary/aromatic N) is 4. The molecule has 3 aliphatic rings. The van der Waals surface area contributed by atoms with Gasteiger partial charge in [0.25, 0.3) is 8.53 Å². The van der Waals surface area contributed by atoms with Crippen molar-refractivity contribution in [1.29, 1.82) is 5.26 Å². The number of fused-ring (bicyclic) bond motifs is 2. The largest absolute Gasteiger partial charge is 0.506 e. The van der Waals surface area contributed by atoms with Crippen molar-refractivity contribution < 1.29 is 28.4 Å². The molecule has 2 aromatic rings. The van der Waals surface area contributed by atoms with Crippen molar-refractivity contribution in [1.82, 2.24) is 4.67 Å². The number of likely N-dealkylation sites (N-methyl/N-ethyl adjacent to an activating group) is 1. The molecule has 11 heteroatoms. The van der Waals surface area contributed by atoms with E-state index >= 15 is 0 Å². The molecule has 0 bridgehead atoms. The summed E-state index contributed by atoms with van der Waals surface area (Å²) in [6.07, 6.45) is 3.85. The van der Waals surface area contributed by atoms with E-state index in [4.69, 9.17) is 28.8 Å². The molecule has 272 valence electrons. The number of anilines is 1. The van der Waals surface area contributed by atoms with Crippen LogP contribution in [-0.2, 0) is 34.1 Å². The second-order valence-corrected chi connectivity index (χ2v) is 15.7. The summed E-state index contributed by atoms with van der Waals surface area (Å²) in [5.41, 5.74) is 5.32. The summed E-state index contributed by atoms with van der Waals surface area (Å²) in [5.74, 6) is -0.226. The first-order chi connectivity index (χ1) is 24.3. The average molecular weight is 715 g/mol. The summed E-state index contributed by atoms with van der Waals surface area (Å²) in [6.45, 7) is 16.8. The van der Waals surface area contributed by atoms with Crippen molar-refractivity contribution in [3.8, 4) is 6.07 Å². The van der Waals surface area contributed by atoms with Crippen LogP contribution in [0.3, 0.4) is 0 Å². The lowest BCUT2D eigenvalue weighted by Gasteiger charge is -2.35. The van der Waals surface area contributed by atoms with E-state index in [0.717, 1.165) is 33.9 Å². The van der Waals surface area contributed by atoms with E-state index in [9.17, 15) is 9.90 Å². The summed E-state index contributed by atoms with van der Waals surface area (Å²) in [7, 11) is 0.659. The molecule has 0 saturated heterocycles. The fourth-order valence-electron chi connectivity index (χ4n) is 6.97. The maximum absolute atomic E-state index is 13.5. The molecular formula is C40H51N4O6P. The van der Waals surface area contributed by atoms with Crippen LogP contribution in [0.1, 0.15) is 66.0 Å². The van der Waals surface area contributed by atoms with E-state index in [2.05, 4.69) is 82.3 Å². The number of nitriles is 1. The molecule has 51 heavy (non-hydrogen) atoms. The molecule has 2 aromatic carbocycles. The highest BCUT2D eigenvalue weighted by Gasteiger charge is 2.45. The first kappa shape index (κ1) is 38.5. The standard InChI is InChI=1S/C40H51N4O6P/c1-27(2)44(28(3)4)51(49-19-13-18-41)50-23-22-47-20-21-48-26-40(7)32-15-10-12-17-34(32)43(8)36(40)25-30-37(45)29(38(30)46)24-35-39(5,6)31-14-9-11-16-33(31)42-35/h9-12,14-17,24-25,27-28,45H,13,19-23,26H2,1-8H3/t40-,51?/m0/s1. The van der Waals surface area contributed by atoms with Crippen molar-refractivity contribution in [2.75, 3.05) is 51.6 Å². The molecule has 10 nitrogen and oxygen atoms in total. The van der Waals surface area contributed by atoms with Gasteiger partial charge in [0.2, 0.25) is 5.78 Å². The summed E-state index contributed by atoms with van der Waals surface area (Å²) in [5, 5.41) is 20.1. The van der Waals surface area contributed by atoms with E-state index in [1.54, 1.807) is 12.2 Å². The number of hydrogen-bond donors (Lipinski definition) is 1. The number of rotatable bonds is 17. The van der Waals surface area contributed by atoms with Crippen molar-refractivity contribution in [3.63, 3.8) is 0 Å². The highest BCUT2D eigenvalue weighted by Crippen LogP contribution is 2.49. The van der Waals surface area contributed by atoms with E-state index in [-0.39, 0.29) is 40.2 Å². The zero-order valence-corrected chi connectivity index (χ0v) is 32.0. The number of ether oxygens (including phenoxy) is 2. The normalized spacial score (nSPS) is 21.5. The van der Waals surface area contributed by atoms with Gasteiger partial charge in [-0.25, -0.2) is 4.67 Å². The Morgan fingerprint density at radius 1 is 0.922 bits per heavy atom. The zero-order chi connectivity index (χ0) is 36.9. The molecule has 0 fully saturated rings.